The first-order valence-corrected chi connectivity index (χ1v) is 10.5. The van der Waals surface area contributed by atoms with E-state index < -0.39 is 0 Å². The summed E-state index contributed by atoms with van der Waals surface area (Å²) in [5.74, 6) is 17.9. The number of benzene rings is 1. The van der Waals surface area contributed by atoms with Crippen LogP contribution >= 0.6 is 0 Å². The first-order chi connectivity index (χ1) is 14.8. The summed E-state index contributed by atoms with van der Waals surface area (Å²) in [5, 5.41) is 8.97. The van der Waals surface area contributed by atoms with E-state index in [1.165, 1.54) is 0 Å². The van der Waals surface area contributed by atoms with Crippen LogP contribution in [-0.2, 0) is 18.9 Å². The number of aliphatic hydroxyl groups is 1. The summed E-state index contributed by atoms with van der Waals surface area (Å²) in [6.07, 6.45) is 5.98. The summed E-state index contributed by atoms with van der Waals surface area (Å²) in [7, 11) is 0. The maximum Gasteiger partial charge on any atom is 0.158 e. The molecule has 0 amide bonds. The van der Waals surface area contributed by atoms with E-state index in [0.717, 1.165) is 68.4 Å². The first kappa shape index (κ1) is 22.4. The number of rotatable bonds is 4. The van der Waals surface area contributed by atoms with Crippen molar-refractivity contribution in [3.05, 3.63) is 34.9 Å². The highest BCUT2D eigenvalue weighted by Gasteiger charge is 2.13. The SMILES string of the molecule is OCC#Cc1cc(C#CCOC2CCCCO2)cc(C#CCOC2CCCCO2)c1. The Labute approximate surface area is 179 Å². The van der Waals surface area contributed by atoms with E-state index >= 15 is 0 Å². The third kappa shape index (κ3) is 8.21. The van der Waals surface area contributed by atoms with Gasteiger partial charge in [0.2, 0.25) is 0 Å². The lowest BCUT2D eigenvalue weighted by Crippen LogP contribution is -2.22. The van der Waals surface area contributed by atoms with Gasteiger partial charge in [-0.3, -0.25) is 0 Å². The molecule has 1 aromatic carbocycles. The van der Waals surface area contributed by atoms with Gasteiger partial charge < -0.3 is 24.1 Å². The maximum absolute atomic E-state index is 8.97. The van der Waals surface area contributed by atoms with Crippen LogP contribution in [0.2, 0.25) is 0 Å². The smallest absolute Gasteiger partial charge is 0.158 e. The predicted molar refractivity (Wildman–Crippen MR) is 113 cm³/mol. The van der Waals surface area contributed by atoms with E-state index in [1.807, 2.05) is 18.2 Å². The summed E-state index contributed by atoms with van der Waals surface area (Å²) >= 11 is 0. The van der Waals surface area contributed by atoms with Crippen molar-refractivity contribution in [3.63, 3.8) is 0 Å². The van der Waals surface area contributed by atoms with Gasteiger partial charge in [0, 0.05) is 29.9 Å². The van der Waals surface area contributed by atoms with Gasteiger partial charge in [-0.1, -0.05) is 35.5 Å². The molecule has 0 spiro atoms. The topological polar surface area (TPSA) is 57.2 Å². The third-order valence-electron chi connectivity index (χ3n) is 4.67. The van der Waals surface area contributed by atoms with Crippen LogP contribution in [0.25, 0.3) is 0 Å². The Bertz CT molecular complexity index is 788. The van der Waals surface area contributed by atoms with Crippen molar-refractivity contribution in [1.82, 2.24) is 0 Å². The number of hydrogen-bond donors (Lipinski definition) is 1. The molecule has 5 heteroatoms. The molecule has 0 aromatic heterocycles. The molecular formula is C25H28O5. The van der Waals surface area contributed by atoms with E-state index in [4.69, 9.17) is 24.1 Å². The van der Waals surface area contributed by atoms with Crippen molar-refractivity contribution < 1.29 is 24.1 Å². The molecular weight excluding hydrogens is 380 g/mol. The minimum Gasteiger partial charge on any atom is -0.384 e. The minimum atomic E-state index is -0.193. The fourth-order valence-corrected chi connectivity index (χ4v) is 3.22. The van der Waals surface area contributed by atoms with Crippen LogP contribution < -0.4 is 0 Å². The van der Waals surface area contributed by atoms with E-state index in [0.29, 0.717) is 13.2 Å². The number of ether oxygens (including phenoxy) is 4. The monoisotopic (exact) mass is 408 g/mol. The molecule has 1 N–H and O–H groups in total. The zero-order valence-corrected chi connectivity index (χ0v) is 17.2. The van der Waals surface area contributed by atoms with Crippen molar-refractivity contribution in [3.8, 4) is 35.5 Å². The van der Waals surface area contributed by atoms with Crippen LogP contribution in [0.1, 0.15) is 55.2 Å². The van der Waals surface area contributed by atoms with Gasteiger partial charge in [-0.2, -0.15) is 0 Å². The van der Waals surface area contributed by atoms with Gasteiger partial charge in [-0.25, -0.2) is 0 Å². The molecule has 1 aromatic rings. The van der Waals surface area contributed by atoms with Gasteiger partial charge in [0.25, 0.3) is 0 Å². The van der Waals surface area contributed by atoms with Gasteiger partial charge in [0.1, 0.15) is 19.8 Å². The average Bonchev–Trinajstić information content (AvgIpc) is 2.80. The summed E-state index contributed by atoms with van der Waals surface area (Å²) in [4.78, 5) is 0. The van der Waals surface area contributed by atoms with Gasteiger partial charge >= 0.3 is 0 Å². The summed E-state index contributed by atoms with van der Waals surface area (Å²) < 4.78 is 22.4. The van der Waals surface area contributed by atoms with Gasteiger partial charge in [-0.15, -0.1) is 0 Å². The molecule has 2 aliphatic heterocycles. The molecule has 0 radical (unpaired) electrons. The van der Waals surface area contributed by atoms with Crippen LogP contribution in [0.3, 0.4) is 0 Å². The molecule has 5 nitrogen and oxygen atoms in total. The fourth-order valence-electron chi connectivity index (χ4n) is 3.22. The molecule has 158 valence electrons. The maximum atomic E-state index is 8.97. The Balaban J connectivity index is 1.60. The fraction of sp³-hybridized carbons (Fsp3) is 0.520. The van der Waals surface area contributed by atoms with Gasteiger partial charge in [0.05, 0.1) is 0 Å². The van der Waals surface area contributed by atoms with Crippen molar-refractivity contribution in [2.75, 3.05) is 33.0 Å². The molecule has 2 saturated heterocycles. The second-order valence-corrected chi connectivity index (χ2v) is 7.08. The lowest BCUT2D eigenvalue weighted by Gasteiger charge is -2.21. The Morgan fingerprint density at radius 1 is 0.733 bits per heavy atom. The molecule has 0 aliphatic carbocycles. The van der Waals surface area contributed by atoms with Crippen LogP contribution in [0, 0.1) is 35.5 Å². The molecule has 2 aliphatic rings. The van der Waals surface area contributed by atoms with Crippen molar-refractivity contribution >= 4 is 0 Å². The van der Waals surface area contributed by atoms with Crippen LogP contribution in [0.4, 0.5) is 0 Å². The highest BCUT2D eigenvalue weighted by atomic mass is 16.7. The molecule has 2 fully saturated rings. The molecule has 30 heavy (non-hydrogen) atoms. The average molecular weight is 408 g/mol. The molecule has 0 bridgehead atoms. The highest BCUT2D eigenvalue weighted by Crippen LogP contribution is 2.14. The Morgan fingerprint density at radius 3 is 1.60 bits per heavy atom. The predicted octanol–water partition coefficient (Wildman–Crippen LogP) is 2.82. The Kier molecular flexibility index (Phi) is 9.77. The van der Waals surface area contributed by atoms with Crippen molar-refractivity contribution in [2.24, 2.45) is 0 Å². The Morgan fingerprint density at radius 2 is 1.20 bits per heavy atom. The zero-order valence-electron chi connectivity index (χ0n) is 17.2. The minimum absolute atomic E-state index is 0.149. The molecule has 2 unspecified atom stereocenters. The third-order valence-corrected chi connectivity index (χ3v) is 4.67. The van der Waals surface area contributed by atoms with Crippen LogP contribution in [0.5, 0.6) is 0 Å². The standard InChI is InChI=1S/C25H28O5/c26-13-5-8-21-18-22(9-6-16-29-24-11-1-3-14-27-24)20-23(19-21)10-7-17-30-25-12-2-4-15-28-25/h18-20,24-26H,1-4,11-17H2. The number of hydrogen-bond acceptors (Lipinski definition) is 5. The van der Waals surface area contributed by atoms with Gasteiger partial charge in [-0.05, 0) is 56.7 Å². The first-order valence-electron chi connectivity index (χ1n) is 10.5. The van der Waals surface area contributed by atoms with Crippen LogP contribution in [-0.4, -0.2) is 50.7 Å². The van der Waals surface area contributed by atoms with Crippen molar-refractivity contribution in [1.29, 1.82) is 0 Å². The van der Waals surface area contributed by atoms with E-state index in [-0.39, 0.29) is 19.2 Å². The second-order valence-electron chi connectivity index (χ2n) is 7.08. The molecule has 2 atom stereocenters. The molecule has 2 heterocycles. The molecule has 0 saturated carbocycles. The lowest BCUT2D eigenvalue weighted by atomic mass is 10.1. The van der Waals surface area contributed by atoms with Gasteiger partial charge in [0.15, 0.2) is 12.6 Å². The Hall–Kier alpha value is -2.30. The largest absolute Gasteiger partial charge is 0.384 e. The summed E-state index contributed by atoms with van der Waals surface area (Å²) in [6.45, 7) is 1.94. The van der Waals surface area contributed by atoms with Crippen molar-refractivity contribution in [2.45, 2.75) is 51.1 Å². The summed E-state index contributed by atoms with van der Waals surface area (Å²) in [5.41, 5.74) is 2.36. The number of aliphatic hydroxyl groups excluding tert-OH is 1. The quantitative estimate of drug-likeness (QED) is 0.777. The highest BCUT2D eigenvalue weighted by molar-refractivity contribution is 5.51. The van der Waals surface area contributed by atoms with E-state index in [2.05, 4.69) is 35.5 Å². The zero-order chi connectivity index (χ0) is 20.9. The summed E-state index contributed by atoms with van der Waals surface area (Å²) in [6, 6.07) is 5.67. The van der Waals surface area contributed by atoms with E-state index in [9.17, 15) is 0 Å². The normalized spacial score (nSPS) is 20.7. The van der Waals surface area contributed by atoms with E-state index in [1.54, 1.807) is 0 Å². The second kappa shape index (κ2) is 13.1. The lowest BCUT2D eigenvalue weighted by molar-refractivity contribution is -0.154. The molecule has 3 rings (SSSR count). The van der Waals surface area contributed by atoms with Crippen LogP contribution in [0.15, 0.2) is 18.2 Å².